The average molecular weight is 536 g/mol. The van der Waals surface area contributed by atoms with Crippen molar-refractivity contribution in [2.24, 2.45) is 4.99 Å². The van der Waals surface area contributed by atoms with Crippen LogP contribution in [0.1, 0.15) is 5.56 Å². The number of nitrogens with one attached hydrogen (secondary N) is 1. The molecular formula is C19H24F3IN6O. The van der Waals surface area contributed by atoms with E-state index in [1.807, 2.05) is 18.2 Å². The SMILES string of the molecule is CN=C(NCc1cccnc1OCC(F)(F)F)N1CCN(c2ccccn2)CC1.I. The van der Waals surface area contributed by atoms with Gasteiger partial charge in [-0.05, 0) is 18.2 Å². The standard InChI is InChI=1S/C19H23F3N6O.HI/c1-23-18(28-11-9-27(10-12-28)16-6-2-3-7-24-16)26-13-15-5-4-8-25-17(15)29-14-19(20,21)22;/h2-8H,9-14H2,1H3,(H,23,26);1H. The van der Waals surface area contributed by atoms with E-state index >= 15 is 0 Å². The number of aliphatic imine (C=N–C) groups is 1. The largest absolute Gasteiger partial charge is 0.468 e. The number of guanidine groups is 1. The molecule has 1 saturated heterocycles. The van der Waals surface area contributed by atoms with Crippen molar-refractivity contribution in [2.45, 2.75) is 12.7 Å². The Labute approximate surface area is 190 Å². The molecule has 1 N–H and O–H groups in total. The van der Waals surface area contributed by atoms with Crippen molar-refractivity contribution in [3.05, 3.63) is 48.3 Å². The minimum absolute atomic E-state index is 0. The highest BCUT2D eigenvalue weighted by molar-refractivity contribution is 14.0. The first-order valence-corrected chi connectivity index (χ1v) is 9.21. The topological polar surface area (TPSA) is 65.9 Å². The summed E-state index contributed by atoms with van der Waals surface area (Å²) >= 11 is 0. The molecule has 0 aliphatic carbocycles. The Hall–Kier alpha value is -2.31. The molecule has 0 radical (unpaired) electrons. The van der Waals surface area contributed by atoms with Crippen LogP contribution < -0.4 is 15.0 Å². The Bertz CT molecular complexity index is 813. The highest BCUT2D eigenvalue weighted by Gasteiger charge is 2.29. The highest BCUT2D eigenvalue weighted by atomic mass is 127. The molecule has 0 unspecified atom stereocenters. The van der Waals surface area contributed by atoms with Crippen LogP contribution in [0, 0.1) is 0 Å². The van der Waals surface area contributed by atoms with Crippen LogP contribution >= 0.6 is 24.0 Å². The third-order valence-corrected chi connectivity index (χ3v) is 4.42. The predicted octanol–water partition coefficient (Wildman–Crippen LogP) is 2.93. The van der Waals surface area contributed by atoms with Gasteiger partial charge in [-0.1, -0.05) is 12.1 Å². The van der Waals surface area contributed by atoms with Crippen molar-refractivity contribution in [2.75, 3.05) is 44.7 Å². The monoisotopic (exact) mass is 536 g/mol. The van der Waals surface area contributed by atoms with Crippen LogP contribution in [0.4, 0.5) is 19.0 Å². The van der Waals surface area contributed by atoms with Crippen molar-refractivity contribution >= 4 is 35.8 Å². The number of hydrogen-bond acceptors (Lipinski definition) is 5. The number of halogens is 4. The molecule has 0 amide bonds. The number of aromatic nitrogens is 2. The van der Waals surface area contributed by atoms with Gasteiger partial charge in [-0.3, -0.25) is 4.99 Å². The van der Waals surface area contributed by atoms with Gasteiger partial charge < -0.3 is 19.9 Å². The fourth-order valence-corrected chi connectivity index (χ4v) is 3.03. The molecular weight excluding hydrogens is 512 g/mol. The number of rotatable bonds is 5. The number of ether oxygens (including phenoxy) is 1. The van der Waals surface area contributed by atoms with Gasteiger partial charge in [-0.25, -0.2) is 9.97 Å². The first kappa shape index (κ1) is 24.0. The molecule has 0 atom stereocenters. The van der Waals surface area contributed by atoms with E-state index in [0.29, 0.717) is 11.5 Å². The number of anilines is 1. The maximum atomic E-state index is 12.4. The molecule has 0 aromatic carbocycles. The fourth-order valence-electron chi connectivity index (χ4n) is 3.03. The molecule has 164 valence electrons. The Kier molecular flexibility index (Phi) is 8.93. The second-order valence-electron chi connectivity index (χ2n) is 6.43. The van der Waals surface area contributed by atoms with Gasteiger partial charge in [-0.2, -0.15) is 13.2 Å². The van der Waals surface area contributed by atoms with Crippen molar-refractivity contribution < 1.29 is 17.9 Å². The minimum atomic E-state index is -4.41. The smallest absolute Gasteiger partial charge is 0.422 e. The van der Waals surface area contributed by atoms with E-state index in [4.69, 9.17) is 4.74 Å². The fraction of sp³-hybridized carbons (Fsp3) is 0.421. The van der Waals surface area contributed by atoms with E-state index in [1.54, 1.807) is 25.4 Å². The summed E-state index contributed by atoms with van der Waals surface area (Å²) in [5.74, 6) is 1.58. The molecule has 0 spiro atoms. The molecule has 7 nitrogen and oxygen atoms in total. The van der Waals surface area contributed by atoms with E-state index < -0.39 is 12.8 Å². The molecule has 2 aromatic heterocycles. The van der Waals surface area contributed by atoms with E-state index in [0.717, 1.165) is 32.0 Å². The lowest BCUT2D eigenvalue weighted by atomic mass is 10.2. The Morgan fingerprint density at radius 2 is 1.83 bits per heavy atom. The number of piperazine rings is 1. The first-order chi connectivity index (χ1) is 14.0. The second-order valence-corrected chi connectivity index (χ2v) is 6.43. The van der Waals surface area contributed by atoms with Gasteiger partial charge in [0.25, 0.3) is 0 Å². The molecule has 0 saturated carbocycles. The number of nitrogens with zero attached hydrogens (tertiary/aromatic N) is 5. The molecule has 30 heavy (non-hydrogen) atoms. The summed E-state index contributed by atoms with van der Waals surface area (Å²) in [5.41, 5.74) is 0.532. The predicted molar refractivity (Wildman–Crippen MR) is 119 cm³/mol. The summed E-state index contributed by atoms with van der Waals surface area (Å²) in [5, 5.41) is 3.19. The summed E-state index contributed by atoms with van der Waals surface area (Å²) in [4.78, 5) is 16.9. The molecule has 1 aliphatic rings. The lowest BCUT2D eigenvalue weighted by molar-refractivity contribution is -0.154. The Morgan fingerprint density at radius 1 is 1.10 bits per heavy atom. The second kappa shape index (κ2) is 11.2. The van der Waals surface area contributed by atoms with E-state index in [9.17, 15) is 13.2 Å². The maximum Gasteiger partial charge on any atom is 0.422 e. The zero-order valence-electron chi connectivity index (χ0n) is 16.5. The van der Waals surface area contributed by atoms with Crippen LogP contribution in [0.2, 0.25) is 0 Å². The number of alkyl halides is 3. The summed E-state index contributed by atoms with van der Waals surface area (Å²) in [6, 6.07) is 9.16. The Morgan fingerprint density at radius 3 is 2.47 bits per heavy atom. The molecule has 2 aromatic rings. The van der Waals surface area contributed by atoms with Crippen LogP contribution in [0.25, 0.3) is 0 Å². The van der Waals surface area contributed by atoms with Gasteiger partial charge in [0, 0.05) is 57.7 Å². The van der Waals surface area contributed by atoms with Gasteiger partial charge in [0.2, 0.25) is 5.88 Å². The van der Waals surface area contributed by atoms with E-state index in [-0.39, 0.29) is 36.4 Å². The van der Waals surface area contributed by atoms with Crippen molar-refractivity contribution in [3.8, 4) is 5.88 Å². The van der Waals surface area contributed by atoms with Crippen LogP contribution in [0.15, 0.2) is 47.7 Å². The van der Waals surface area contributed by atoms with Gasteiger partial charge in [0.15, 0.2) is 12.6 Å². The Balaban J connectivity index is 0.00000320. The number of pyridine rings is 2. The molecule has 11 heteroatoms. The number of hydrogen-bond donors (Lipinski definition) is 1. The molecule has 0 bridgehead atoms. The van der Waals surface area contributed by atoms with Gasteiger partial charge in [-0.15, -0.1) is 24.0 Å². The normalized spacial score (nSPS) is 14.9. The molecule has 3 rings (SSSR count). The van der Waals surface area contributed by atoms with E-state index in [1.165, 1.54) is 6.20 Å². The van der Waals surface area contributed by atoms with Crippen LogP contribution in [-0.4, -0.2) is 66.8 Å². The zero-order chi connectivity index (χ0) is 20.7. The van der Waals surface area contributed by atoms with Crippen LogP contribution in [-0.2, 0) is 6.54 Å². The lowest BCUT2D eigenvalue weighted by Gasteiger charge is -2.37. The van der Waals surface area contributed by atoms with Crippen LogP contribution in [0.3, 0.4) is 0 Å². The quantitative estimate of drug-likeness (QED) is 0.361. The van der Waals surface area contributed by atoms with Crippen molar-refractivity contribution in [1.82, 2.24) is 20.2 Å². The lowest BCUT2D eigenvalue weighted by Crippen LogP contribution is -2.52. The summed E-state index contributed by atoms with van der Waals surface area (Å²) in [6.45, 7) is 1.98. The summed E-state index contributed by atoms with van der Waals surface area (Å²) in [6.07, 6.45) is -1.24. The third-order valence-electron chi connectivity index (χ3n) is 4.42. The highest BCUT2D eigenvalue weighted by Crippen LogP contribution is 2.20. The van der Waals surface area contributed by atoms with Gasteiger partial charge in [0.05, 0.1) is 0 Å². The molecule has 3 heterocycles. The maximum absolute atomic E-state index is 12.4. The van der Waals surface area contributed by atoms with Crippen LogP contribution in [0.5, 0.6) is 5.88 Å². The molecule has 1 fully saturated rings. The van der Waals surface area contributed by atoms with Crippen molar-refractivity contribution in [1.29, 1.82) is 0 Å². The first-order valence-electron chi connectivity index (χ1n) is 9.21. The summed E-state index contributed by atoms with van der Waals surface area (Å²) in [7, 11) is 1.68. The van der Waals surface area contributed by atoms with Crippen molar-refractivity contribution in [3.63, 3.8) is 0 Å². The molecule has 1 aliphatic heterocycles. The average Bonchev–Trinajstić information content (AvgIpc) is 2.74. The zero-order valence-corrected chi connectivity index (χ0v) is 18.8. The minimum Gasteiger partial charge on any atom is -0.468 e. The van der Waals surface area contributed by atoms with Gasteiger partial charge >= 0.3 is 6.18 Å². The summed E-state index contributed by atoms with van der Waals surface area (Å²) < 4.78 is 42.1. The van der Waals surface area contributed by atoms with Gasteiger partial charge in [0.1, 0.15) is 5.82 Å². The van der Waals surface area contributed by atoms with E-state index in [2.05, 4.69) is 30.1 Å². The third kappa shape index (κ3) is 6.89.